The number of aromatic nitrogens is 1. The molecular weight excluding hydrogens is 180 g/mol. The van der Waals surface area contributed by atoms with Crippen LogP contribution in [0.15, 0.2) is 35.7 Å². The highest BCUT2D eigenvalue weighted by molar-refractivity contribution is 7.10. The van der Waals surface area contributed by atoms with E-state index in [4.69, 9.17) is 5.73 Å². The average molecular weight is 190 g/mol. The van der Waals surface area contributed by atoms with Crippen molar-refractivity contribution in [3.05, 3.63) is 46.3 Å². The Bertz CT molecular complexity index is 381. The van der Waals surface area contributed by atoms with Gasteiger partial charge in [0.1, 0.15) is 5.82 Å². The largest absolute Gasteiger partial charge is 0.383 e. The summed E-state index contributed by atoms with van der Waals surface area (Å²) >= 11 is 1.61. The summed E-state index contributed by atoms with van der Waals surface area (Å²) in [7, 11) is 0. The van der Waals surface area contributed by atoms with Gasteiger partial charge >= 0.3 is 0 Å². The summed E-state index contributed by atoms with van der Waals surface area (Å²) in [4.78, 5) is 4.20. The predicted octanol–water partition coefficient (Wildman–Crippen LogP) is 2.32. The Labute approximate surface area is 81.1 Å². The first-order valence-corrected chi connectivity index (χ1v) is 4.96. The highest BCUT2D eigenvalue weighted by atomic mass is 32.1. The number of nitrogen functional groups attached to an aromatic ring is 1. The maximum atomic E-state index is 5.53. The lowest BCUT2D eigenvalue weighted by Gasteiger charge is -1.95. The number of hydrogen-bond acceptors (Lipinski definition) is 3. The molecule has 2 N–H and O–H groups in total. The minimum atomic E-state index is 0.621. The summed E-state index contributed by atoms with van der Waals surface area (Å²) in [5.41, 5.74) is 6.81. The van der Waals surface area contributed by atoms with E-state index in [1.807, 2.05) is 23.6 Å². The zero-order valence-electron chi connectivity index (χ0n) is 7.10. The minimum absolute atomic E-state index is 0.621. The van der Waals surface area contributed by atoms with Gasteiger partial charge in [-0.15, -0.1) is 11.3 Å². The van der Waals surface area contributed by atoms with Crippen molar-refractivity contribution in [2.24, 2.45) is 0 Å². The summed E-state index contributed by atoms with van der Waals surface area (Å²) in [5, 5.41) is 2.95. The number of nitrogens with zero attached hydrogens (tertiary/aromatic N) is 1. The van der Waals surface area contributed by atoms with Crippen molar-refractivity contribution in [1.29, 1.82) is 0 Å². The van der Waals surface area contributed by atoms with Crippen LogP contribution < -0.4 is 5.73 Å². The van der Waals surface area contributed by atoms with Gasteiger partial charge in [-0.3, -0.25) is 0 Å². The molecule has 0 bridgehead atoms. The number of thiazole rings is 1. The quantitative estimate of drug-likeness (QED) is 0.789. The highest BCUT2D eigenvalue weighted by Crippen LogP contribution is 2.15. The molecule has 0 unspecified atom stereocenters. The lowest BCUT2D eigenvalue weighted by atomic mass is 10.2. The Morgan fingerprint density at radius 3 is 2.62 bits per heavy atom. The molecule has 1 aromatic carbocycles. The molecule has 0 saturated carbocycles. The van der Waals surface area contributed by atoms with Gasteiger partial charge in [-0.2, -0.15) is 0 Å². The predicted molar refractivity (Wildman–Crippen MR) is 55.8 cm³/mol. The molecule has 0 atom stereocenters. The molecule has 0 fully saturated rings. The molecule has 0 saturated heterocycles. The minimum Gasteiger partial charge on any atom is -0.383 e. The number of nitrogens with two attached hydrogens (primary N) is 1. The van der Waals surface area contributed by atoms with E-state index in [-0.39, 0.29) is 0 Å². The van der Waals surface area contributed by atoms with Crippen molar-refractivity contribution >= 4 is 17.2 Å². The second kappa shape index (κ2) is 3.58. The van der Waals surface area contributed by atoms with Gasteiger partial charge in [0, 0.05) is 11.8 Å². The fourth-order valence-electron chi connectivity index (χ4n) is 1.18. The number of benzene rings is 1. The number of rotatable bonds is 2. The van der Waals surface area contributed by atoms with Crippen LogP contribution >= 0.6 is 11.3 Å². The first-order chi connectivity index (χ1) is 6.34. The Kier molecular flexibility index (Phi) is 2.27. The highest BCUT2D eigenvalue weighted by Gasteiger charge is 1.99. The van der Waals surface area contributed by atoms with E-state index in [0.29, 0.717) is 5.82 Å². The van der Waals surface area contributed by atoms with Crippen molar-refractivity contribution in [3.8, 4) is 0 Å². The zero-order valence-corrected chi connectivity index (χ0v) is 7.92. The van der Waals surface area contributed by atoms with Crippen LogP contribution in [0.25, 0.3) is 0 Å². The summed E-state index contributed by atoms with van der Waals surface area (Å²) in [6.07, 6.45) is 0.878. The molecule has 3 heteroatoms. The van der Waals surface area contributed by atoms with Crippen LogP contribution in [0.3, 0.4) is 0 Å². The van der Waals surface area contributed by atoms with E-state index < -0.39 is 0 Å². The zero-order chi connectivity index (χ0) is 9.10. The second-order valence-corrected chi connectivity index (χ2v) is 3.77. The molecule has 0 aliphatic carbocycles. The summed E-state index contributed by atoms with van der Waals surface area (Å²) in [6, 6.07) is 10.3. The van der Waals surface area contributed by atoms with E-state index in [9.17, 15) is 0 Å². The van der Waals surface area contributed by atoms with Gasteiger partial charge in [-0.1, -0.05) is 30.3 Å². The average Bonchev–Trinajstić information content (AvgIpc) is 2.53. The fraction of sp³-hybridized carbons (Fsp3) is 0.100. The van der Waals surface area contributed by atoms with E-state index >= 15 is 0 Å². The molecule has 0 aliphatic rings. The molecule has 66 valence electrons. The first-order valence-electron chi connectivity index (χ1n) is 4.08. The van der Waals surface area contributed by atoms with E-state index in [2.05, 4.69) is 17.1 Å². The maximum absolute atomic E-state index is 5.53. The van der Waals surface area contributed by atoms with Crippen molar-refractivity contribution in [1.82, 2.24) is 4.98 Å². The van der Waals surface area contributed by atoms with Crippen molar-refractivity contribution < 1.29 is 0 Å². The van der Waals surface area contributed by atoms with Crippen LogP contribution in [0.2, 0.25) is 0 Å². The summed E-state index contributed by atoms with van der Waals surface area (Å²) in [6.45, 7) is 0. The SMILES string of the molecule is Nc1csc(Cc2ccccc2)n1. The molecule has 13 heavy (non-hydrogen) atoms. The smallest absolute Gasteiger partial charge is 0.134 e. The molecule has 1 aromatic heterocycles. The lowest BCUT2D eigenvalue weighted by Crippen LogP contribution is -1.88. The van der Waals surface area contributed by atoms with Gasteiger partial charge in [-0.25, -0.2) is 4.98 Å². The van der Waals surface area contributed by atoms with Crippen molar-refractivity contribution in [3.63, 3.8) is 0 Å². The first kappa shape index (κ1) is 8.26. The second-order valence-electron chi connectivity index (χ2n) is 2.83. The molecule has 2 nitrogen and oxygen atoms in total. The monoisotopic (exact) mass is 190 g/mol. The normalized spacial score (nSPS) is 10.2. The number of hydrogen-bond donors (Lipinski definition) is 1. The van der Waals surface area contributed by atoms with Crippen LogP contribution in [-0.2, 0) is 6.42 Å². The van der Waals surface area contributed by atoms with Crippen molar-refractivity contribution in [2.75, 3.05) is 5.73 Å². The van der Waals surface area contributed by atoms with Crippen LogP contribution in [-0.4, -0.2) is 4.98 Å². The topological polar surface area (TPSA) is 38.9 Å². The Morgan fingerprint density at radius 1 is 1.23 bits per heavy atom. The maximum Gasteiger partial charge on any atom is 0.134 e. The van der Waals surface area contributed by atoms with Gasteiger partial charge in [0.25, 0.3) is 0 Å². The molecule has 0 spiro atoms. The molecule has 1 heterocycles. The van der Waals surface area contributed by atoms with Crippen LogP contribution in [0.1, 0.15) is 10.6 Å². The molecule has 0 radical (unpaired) electrons. The Morgan fingerprint density at radius 2 is 2.00 bits per heavy atom. The van der Waals surface area contributed by atoms with Crippen LogP contribution in [0.4, 0.5) is 5.82 Å². The van der Waals surface area contributed by atoms with Gasteiger partial charge in [0.2, 0.25) is 0 Å². The van der Waals surface area contributed by atoms with Crippen LogP contribution in [0.5, 0.6) is 0 Å². The van der Waals surface area contributed by atoms with E-state index in [1.54, 1.807) is 11.3 Å². The molecule has 2 rings (SSSR count). The third kappa shape index (κ3) is 2.06. The lowest BCUT2D eigenvalue weighted by molar-refractivity contribution is 1.14. The van der Waals surface area contributed by atoms with E-state index in [1.165, 1.54) is 5.56 Å². The third-order valence-electron chi connectivity index (χ3n) is 1.77. The van der Waals surface area contributed by atoms with Gasteiger partial charge in [0.05, 0.1) is 5.01 Å². The van der Waals surface area contributed by atoms with Gasteiger partial charge in [0.15, 0.2) is 0 Å². The molecule has 2 aromatic rings. The summed E-state index contributed by atoms with van der Waals surface area (Å²) < 4.78 is 0. The van der Waals surface area contributed by atoms with Crippen LogP contribution in [0, 0.1) is 0 Å². The summed E-state index contributed by atoms with van der Waals surface area (Å²) in [5.74, 6) is 0.621. The molecule has 0 amide bonds. The van der Waals surface area contributed by atoms with Crippen molar-refractivity contribution in [2.45, 2.75) is 6.42 Å². The van der Waals surface area contributed by atoms with E-state index in [0.717, 1.165) is 11.4 Å². The molecular formula is C10H10N2S. The third-order valence-corrected chi connectivity index (χ3v) is 2.63. The standard InChI is InChI=1S/C10H10N2S/c11-9-7-13-10(12-9)6-8-4-2-1-3-5-8/h1-5,7H,6,11H2. The Hall–Kier alpha value is -1.35. The molecule has 0 aliphatic heterocycles. The van der Waals surface area contributed by atoms with Gasteiger partial charge in [-0.05, 0) is 5.56 Å². The van der Waals surface area contributed by atoms with Gasteiger partial charge < -0.3 is 5.73 Å². The number of anilines is 1. The Balaban J connectivity index is 2.15. The fourth-order valence-corrected chi connectivity index (χ4v) is 1.89.